The summed E-state index contributed by atoms with van der Waals surface area (Å²) in [7, 11) is 0. The summed E-state index contributed by atoms with van der Waals surface area (Å²) in [6, 6.07) is 6.05. The maximum absolute atomic E-state index is 11.0. The van der Waals surface area contributed by atoms with Crippen molar-refractivity contribution in [3.8, 4) is 0 Å². The molecule has 2 fully saturated rings. The zero-order valence-corrected chi connectivity index (χ0v) is 13.1. The highest BCUT2D eigenvalue weighted by atomic mass is 79.9. The molecule has 108 valence electrons. The number of halogens is 1. The molecule has 1 saturated carbocycles. The Morgan fingerprint density at radius 3 is 2.70 bits per heavy atom. The Hall–Kier alpha value is -1.03. The van der Waals surface area contributed by atoms with E-state index >= 15 is 0 Å². The van der Waals surface area contributed by atoms with Crippen molar-refractivity contribution in [1.82, 2.24) is 0 Å². The zero-order valence-electron chi connectivity index (χ0n) is 11.5. The average molecular weight is 338 g/mol. The van der Waals surface area contributed by atoms with E-state index in [0.29, 0.717) is 11.6 Å². The Morgan fingerprint density at radius 1 is 1.20 bits per heavy atom. The third-order valence-electron chi connectivity index (χ3n) is 4.75. The van der Waals surface area contributed by atoms with Gasteiger partial charge in [0, 0.05) is 17.1 Å². The summed E-state index contributed by atoms with van der Waals surface area (Å²) < 4.78 is 0.906. The molecule has 2 atom stereocenters. The number of benzene rings is 1. The zero-order chi connectivity index (χ0) is 14.1. The second kappa shape index (κ2) is 5.76. The van der Waals surface area contributed by atoms with Crippen molar-refractivity contribution in [3.63, 3.8) is 0 Å². The van der Waals surface area contributed by atoms with Crippen LogP contribution in [-0.4, -0.2) is 23.7 Å². The molecule has 0 bridgehead atoms. The SMILES string of the molecule is O=C(O)c1ccc(N2CCC[C@H]3CCCC[C@H]32)c(Br)c1. The van der Waals surface area contributed by atoms with Gasteiger partial charge in [0.15, 0.2) is 0 Å². The number of nitrogens with zero attached hydrogens (tertiary/aromatic N) is 1. The fourth-order valence-electron chi connectivity index (χ4n) is 3.80. The first-order valence-corrected chi connectivity index (χ1v) is 8.25. The van der Waals surface area contributed by atoms with Crippen LogP contribution in [0.2, 0.25) is 0 Å². The molecular weight excluding hydrogens is 318 g/mol. The van der Waals surface area contributed by atoms with Crippen molar-refractivity contribution >= 4 is 27.6 Å². The lowest BCUT2D eigenvalue weighted by atomic mass is 9.78. The quantitative estimate of drug-likeness (QED) is 0.874. The molecule has 3 rings (SSSR count). The average Bonchev–Trinajstić information content (AvgIpc) is 2.46. The van der Waals surface area contributed by atoms with Crippen LogP contribution in [0.3, 0.4) is 0 Å². The summed E-state index contributed by atoms with van der Waals surface area (Å²) in [4.78, 5) is 13.5. The van der Waals surface area contributed by atoms with Crippen LogP contribution in [-0.2, 0) is 0 Å². The largest absolute Gasteiger partial charge is 0.478 e. The fraction of sp³-hybridized carbons (Fsp3) is 0.562. The lowest BCUT2D eigenvalue weighted by Crippen LogP contribution is -2.47. The van der Waals surface area contributed by atoms with Gasteiger partial charge in [-0.2, -0.15) is 0 Å². The van der Waals surface area contributed by atoms with Gasteiger partial charge in [-0.25, -0.2) is 4.79 Å². The monoisotopic (exact) mass is 337 g/mol. The van der Waals surface area contributed by atoms with Gasteiger partial charge in [-0.05, 0) is 65.7 Å². The van der Waals surface area contributed by atoms with Gasteiger partial charge in [-0.15, -0.1) is 0 Å². The molecule has 3 nitrogen and oxygen atoms in total. The predicted octanol–water partition coefficient (Wildman–Crippen LogP) is 4.31. The standard InChI is InChI=1S/C16H20BrNO2/c17-13-10-12(16(19)20)7-8-15(13)18-9-3-5-11-4-1-2-6-14(11)18/h7-8,10-11,14H,1-6,9H2,(H,19,20)/t11-,14-/m1/s1. The minimum absolute atomic E-state index is 0.345. The summed E-state index contributed by atoms with van der Waals surface area (Å²) in [5.74, 6) is -0.0463. The molecule has 1 aromatic rings. The Balaban J connectivity index is 1.89. The summed E-state index contributed by atoms with van der Waals surface area (Å²) in [5.41, 5.74) is 1.50. The van der Waals surface area contributed by atoms with E-state index in [0.717, 1.165) is 22.6 Å². The van der Waals surface area contributed by atoms with Gasteiger partial charge in [-0.3, -0.25) is 0 Å². The summed E-state index contributed by atoms with van der Waals surface area (Å²) in [6.07, 6.45) is 7.92. The van der Waals surface area contributed by atoms with Crippen molar-refractivity contribution in [2.45, 2.75) is 44.6 Å². The lowest BCUT2D eigenvalue weighted by molar-refractivity contribution is 0.0697. The van der Waals surface area contributed by atoms with Crippen LogP contribution >= 0.6 is 15.9 Å². The molecule has 0 spiro atoms. The van der Waals surface area contributed by atoms with Gasteiger partial charge in [0.1, 0.15) is 0 Å². The number of rotatable bonds is 2. The van der Waals surface area contributed by atoms with E-state index < -0.39 is 5.97 Å². The minimum atomic E-state index is -0.869. The molecule has 0 radical (unpaired) electrons. The van der Waals surface area contributed by atoms with Crippen LogP contribution < -0.4 is 4.90 Å². The first kappa shape index (κ1) is 13.9. The van der Waals surface area contributed by atoms with E-state index in [1.807, 2.05) is 6.07 Å². The van der Waals surface area contributed by atoms with Gasteiger partial charge in [0.25, 0.3) is 0 Å². The molecular formula is C16H20BrNO2. The maximum atomic E-state index is 11.0. The van der Waals surface area contributed by atoms with Crippen LogP contribution in [0.4, 0.5) is 5.69 Å². The van der Waals surface area contributed by atoms with Crippen molar-refractivity contribution in [3.05, 3.63) is 28.2 Å². The molecule has 1 aromatic carbocycles. The van der Waals surface area contributed by atoms with Crippen molar-refractivity contribution in [2.75, 3.05) is 11.4 Å². The highest BCUT2D eigenvalue weighted by Gasteiger charge is 2.33. The maximum Gasteiger partial charge on any atom is 0.335 e. The van der Waals surface area contributed by atoms with E-state index in [-0.39, 0.29) is 0 Å². The Labute approximate surface area is 128 Å². The highest BCUT2D eigenvalue weighted by Crippen LogP contribution is 2.40. The Bertz CT molecular complexity index is 515. The normalized spacial score (nSPS) is 26.1. The number of piperidine rings is 1. The summed E-state index contributed by atoms with van der Waals surface area (Å²) >= 11 is 3.56. The van der Waals surface area contributed by atoms with Crippen LogP contribution in [0, 0.1) is 5.92 Å². The second-order valence-electron chi connectivity index (χ2n) is 5.92. The number of anilines is 1. The molecule has 1 saturated heterocycles. The van der Waals surface area contributed by atoms with Crippen LogP contribution in [0.25, 0.3) is 0 Å². The first-order chi connectivity index (χ1) is 9.66. The number of carboxylic acid groups (broad SMARTS) is 1. The molecule has 1 N–H and O–H groups in total. The third-order valence-corrected chi connectivity index (χ3v) is 5.38. The Kier molecular flexibility index (Phi) is 4.01. The lowest BCUT2D eigenvalue weighted by Gasteiger charge is -2.45. The molecule has 0 aromatic heterocycles. The van der Waals surface area contributed by atoms with E-state index in [2.05, 4.69) is 20.8 Å². The van der Waals surface area contributed by atoms with E-state index in [1.165, 1.54) is 38.5 Å². The number of hydrogen-bond donors (Lipinski definition) is 1. The second-order valence-corrected chi connectivity index (χ2v) is 6.77. The Morgan fingerprint density at radius 2 is 1.95 bits per heavy atom. The van der Waals surface area contributed by atoms with E-state index in [1.54, 1.807) is 12.1 Å². The number of hydrogen-bond acceptors (Lipinski definition) is 2. The number of aromatic carboxylic acids is 1. The summed E-state index contributed by atoms with van der Waals surface area (Å²) in [6.45, 7) is 1.09. The summed E-state index contributed by atoms with van der Waals surface area (Å²) in [5, 5.41) is 9.06. The van der Waals surface area contributed by atoms with Crippen molar-refractivity contribution in [1.29, 1.82) is 0 Å². The van der Waals surface area contributed by atoms with E-state index in [4.69, 9.17) is 5.11 Å². The van der Waals surface area contributed by atoms with Gasteiger partial charge < -0.3 is 10.0 Å². The topological polar surface area (TPSA) is 40.5 Å². The molecule has 1 aliphatic heterocycles. The van der Waals surface area contributed by atoms with Gasteiger partial charge in [0.05, 0.1) is 11.3 Å². The molecule has 2 aliphatic rings. The minimum Gasteiger partial charge on any atom is -0.478 e. The fourth-order valence-corrected chi connectivity index (χ4v) is 4.40. The highest BCUT2D eigenvalue weighted by molar-refractivity contribution is 9.10. The van der Waals surface area contributed by atoms with E-state index in [9.17, 15) is 4.79 Å². The predicted molar refractivity (Wildman–Crippen MR) is 83.4 cm³/mol. The molecule has 0 amide bonds. The van der Waals surface area contributed by atoms with Gasteiger partial charge in [0.2, 0.25) is 0 Å². The number of fused-ring (bicyclic) bond motifs is 1. The number of carboxylic acids is 1. The first-order valence-electron chi connectivity index (χ1n) is 7.46. The molecule has 0 unspecified atom stereocenters. The van der Waals surface area contributed by atoms with Crippen LogP contribution in [0.1, 0.15) is 48.9 Å². The number of carbonyl (C=O) groups is 1. The van der Waals surface area contributed by atoms with Crippen molar-refractivity contribution < 1.29 is 9.90 Å². The van der Waals surface area contributed by atoms with Crippen LogP contribution in [0.5, 0.6) is 0 Å². The molecule has 4 heteroatoms. The molecule has 20 heavy (non-hydrogen) atoms. The van der Waals surface area contributed by atoms with Gasteiger partial charge >= 0.3 is 5.97 Å². The van der Waals surface area contributed by atoms with Crippen molar-refractivity contribution in [2.24, 2.45) is 5.92 Å². The third kappa shape index (κ3) is 2.58. The van der Waals surface area contributed by atoms with Crippen LogP contribution in [0.15, 0.2) is 22.7 Å². The van der Waals surface area contributed by atoms with Gasteiger partial charge in [-0.1, -0.05) is 12.8 Å². The molecule has 1 aliphatic carbocycles. The smallest absolute Gasteiger partial charge is 0.335 e. The molecule has 1 heterocycles.